The van der Waals surface area contributed by atoms with Crippen LogP contribution >= 0.6 is 7.82 Å². The molecular weight excluding hydrogens is 429 g/mol. The predicted octanol–water partition coefficient (Wildman–Crippen LogP) is 1.18. The molecule has 3 aliphatic heterocycles. The molecule has 162 valence electrons. The Labute approximate surface area is 173 Å². The molecule has 3 aliphatic rings. The van der Waals surface area contributed by atoms with Gasteiger partial charge in [0.25, 0.3) is 11.8 Å². The van der Waals surface area contributed by atoms with E-state index in [1.165, 1.54) is 12.1 Å². The third-order valence-electron chi connectivity index (χ3n) is 4.29. The zero-order valence-corrected chi connectivity index (χ0v) is 15.8. The first-order valence-electron chi connectivity index (χ1n) is 9.87. The Hall–Kier alpha value is -2.34. The highest BCUT2D eigenvalue weighted by molar-refractivity contribution is 7.49. The summed E-state index contributed by atoms with van der Waals surface area (Å²) in [5.41, 5.74) is 0.445. The van der Waals surface area contributed by atoms with Crippen molar-refractivity contribution >= 4 is 13.7 Å². The minimum absolute atomic E-state index is 0.0134. The van der Waals surface area contributed by atoms with Crippen molar-refractivity contribution in [3.63, 3.8) is 0 Å². The highest BCUT2D eigenvalue weighted by atomic mass is 31.2. The van der Waals surface area contributed by atoms with Crippen LogP contribution in [-0.2, 0) is 29.8 Å². The number of phosphoric acid groups is 1. The van der Waals surface area contributed by atoms with Crippen LogP contribution in [0.5, 0.6) is 5.75 Å². The van der Waals surface area contributed by atoms with Gasteiger partial charge in [-0.05, 0) is 6.07 Å². The van der Waals surface area contributed by atoms with Gasteiger partial charge >= 0.3 is 7.82 Å². The zero-order chi connectivity index (χ0) is 24.4. The van der Waals surface area contributed by atoms with E-state index in [1.807, 2.05) is 5.32 Å². The van der Waals surface area contributed by atoms with Crippen molar-refractivity contribution < 1.29 is 50.8 Å². The number of aliphatic hydroxyl groups excluding tert-OH is 2. The maximum absolute atomic E-state index is 15.8. The minimum atomic E-state index is -4.82. The van der Waals surface area contributed by atoms with E-state index in [0.29, 0.717) is 16.7 Å². The Balaban J connectivity index is 1.63. The molecule has 1 fully saturated rings. The standard InChI is InChI=1S/C17H17F2N2O8P/c1-9-20-15(24)11(18)6-21(9)16-13(22)14(23)17(19,28-16)8-27-30(25)26-7-10-4-2-3-5-12(10)29-30/h2-6,13-14,16,22-23H,1,7-8H2,(H,20,24)/t13-,14+,16-,17-,30?/m1/s1/i8D2,16D. The molecule has 3 N–H and O–H groups in total. The Bertz CT molecular complexity index is 1110. The fourth-order valence-electron chi connectivity index (χ4n) is 2.75. The van der Waals surface area contributed by atoms with Crippen molar-refractivity contribution in [2.75, 3.05) is 6.56 Å². The van der Waals surface area contributed by atoms with Gasteiger partial charge in [0, 0.05) is 11.8 Å². The quantitative estimate of drug-likeness (QED) is 0.581. The van der Waals surface area contributed by atoms with Crippen molar-refractivity contribution in [2.45, 2.75) is 30.9 Å². The first kappa shape index (κ1) is 17.4. The molecular formula is C17H17F2N2O8P. The van der Waals surface area contributed by atoms with Crippen molar-refractivity contribution in [1.82, 2.24) is 10.2 Å². The summed E-state index contributed by atoms with van der Waals surface area (Å²) < 4.78 is 86.0. The molecule has 1 aromatic rings. The van der Waals surface area contributed by atoms with E-state index in [2.05, 4.69) is 11.1 Å². The Morgan fingerprint density at radius 1 is 1.50 bits per heavy atom. The van der Waals surface area contributed by atoms with Crippen molar-refractivity contribution in [3.8, 4) is 5.75 Å². The lowest BCUT2D eigenvalue weighted by atomic mass is 10.1. The molecule has 0 bridgehead atoms. The van der Waals surface area contributed by atoms with Crippen LogP contribution in [0.2, 0.25) is 0 Å². The number of nitrogens with one attached hydrogen (secondary N) is 1. The van der Waals surface area contributed by atoms with Crippen LogP contribution in [0.15, 0.2) is 48.7 Å². The van der Waals surface area contributed by atoms with E-state index < -0.39 is 56.2 Å². The normalized spacial score (nSPS) is 40.5. The second-order valence-corrected chi connectivity index (χ2v) is 7.85. The SMILES string of the molecule is [2H]C([2H])(OP1(=O)OCc2ccccc2O1)[C@@]1(F)O[C@@]([2H])(N2C=C(F)C(=O)NC2=C)[C@H](O)[C@@H]1O. The average molecular weight is 449 g/mol. The molecule has 0 saturated carbocycles. The van der Waals surface area contributed by atoms with Gasteiger partial charge in [-0.15, -0.1) is 0 Å². The number of halogens is 2. The molecule has 0 aromatic heterocycles. The molecule has 13 heteroatoms. The number of aliphatic hydroxyl groups is 2. The van der Waals surface area contributed by atoms with Crippen LogP contribution in [0, 0.1) is 0 Å². The number of fused-ring (bicyclic) bond motifs is 1. The number of rotatable bonds is 4. The zero-order valence-electron chi connectivity index (χ0n) is 17.9. The minimum Gasteiger partial charge on any atom is -0.404 e. The van der Waals surface area contributed by atoms with Gasteiger partial charge in [0.1, 0.15) is 30.3 Å². The molecule has 1 aromatic carbocycles. The van der Waals surface area contributed by atoms with Crippen LogP contribution in [0.4, 0.5) is 8.78 Å². The van der Waals surface area contributed by atoms with Gasteiger partial charge in [0.15, 0.2) is 6.20 Å². The van der Waals surface area contributed by atoms with Gasteiger partial charge in [-0.2, -0.15) is 4.39 Å². The third kappa shape index (κ3) is 3.62. The maximum atomic E-state index is 15.8. The summed E-state index contributed by atoms with van der Waals surface area (Å²) in [6.07, 6.45) is -8.18. The van der Waals surface area contributed by atoms with Crippen molar-refractivity contribution in [1.29, 1.82) is 0 Å². The molecule has 3 heterocycles. The second-order valence-electron chi connectivity index (χ2n) is 6.34. The molecule has 0 aliphatic carbocycles. The number of ether oxygens (including phenoxy) is 1. The highest BCUT2D eigenvalue weighted by Crippen LogP contribution is 2.55. The fraction of sp³-hybridized carbons (Fsp3) is 0.353. The average Bonchev–Trinajstić information content (AvgIpc) is 2.91. The van der Waals surface area contributed by atoms with Gasteiger partial charge in [-0.1, -0.05) is 24.8 Å². The number of hydrogen-bond donors (Lipinski definition) is 3. The van der Waals surface area contributed by atoms with Crippen LogP contribution in [0.3, 0.4) is 0 Å². The summed E-state index contributed by atoms with van der Waals surface area (Å²) in [4.78, 5) is 11.7. The lowest BCUT2D eigenvalue weighted by molar-refractivity contribution is -0.208. The topological polar surface area (TPSA) is 127 Å². The lowest BCUT2D eigenvalue weighted by Crippen LogP contribution is -2.47. The number of carbonyl (C=O) groups is 1. The molecule has 4 rings (SSSR count). The van der Waals surface area contributed by atoms with Gasteiger partial charge in [0.2, 0.25) is 5.83 Å². The molecule has 1 unspecified atom stereocenters. The number of amides is 1. The van der Waals surface area contributed by atoms with Crippen molar-refractivity contribution in [3.05, 3.63) is 54.3 Å². The van der Waals surface area contributed by atoms with Crippen LogP contribution in [-0.4, -0.2) is 51.8 Å². The van der Waals surface area contributed by atoms with E-state index in [4.69, 9.17) is 17.9 Å². The lowest BCUT2D eigenvalue weighted by Gasteiger charge is -2.33. The Morgan fingerprint density at radius 2 is 2.23 bits per heavy atom. The Morgan fingerprint density at radius 3 is 3.00 bits per heavy atom. The molecule has 1 amide bonds. The van der Waals surface area contributed by atoms with E-state index in [0.717, 1.165) is 0 Å². The van der Waals surface area contributed by atoms with Crippen LogP contribution < -0.4 is 9.84 Å². The van der Waals surface area contributed by atoms with Crippen molar-refractivity contribution in [2.24, 2.45) is 0 Å². The number of nitrogens with zero attached hydrogens (tertiary/aromatic N) is 1. The first-order valence-corrected chi connectivity index (χ1v) is 9.83. The molecule has 0 radical (unpaired) electrons. The molecule has 5 atom stereocenters. The van der Waals surface area contributed by atoms with Crippen LogP contribution in [0.1, 0.15) is 9.68 Å². The van der Waals surface area contributed by atoms with E-state index >= 15 is 4.39 Å². The van der Waals surface area contributed by atoms with Gasteiger partial charge in [0.05, 0.1) is 10.7 Å². The summed E-state index contributed by atoms with van der Waals surface area (Å²) in [5.74, 6) is -7.30. The number of para-hydroxylation sites is 1. The summed E-state index contributed by atoms with van der Waals surface area (Å²) in [6, 6.07) is 6.09. The van der Waals surface area contributed by atoms with Gasteiger partial charge < -0.3 is 29.7 Å². The maximum Gasteiger partial charge on any atom is 0.530 e. The number of hydrogen-bond acceptors (Lipinski definition) is 9. The Kier molecular flexibility index (Phi) is 4.29. The monoisotopic (exact) mass is 449 g/mol. The number of benzene rings is 1. The second kappa shape index (κ2) is 7.41. The molecule has 0 spiro atoms. The molecule has 10 nitrogen and oxygen atoms in total. The van der Waals surface area contributed by atoms with Crippen LogP contribution in [0.25, 0.3) is 0 Å². The van der Waals surface area contributed by atoms with Gasteiger partial charge in [-0.3, -0.25) is 13.8 Å². The summed E-state index contributed by atoms with van der Waals surface area (Å²) in [6.45, 7) is -0.862. The third-order valence-corrected chi connectivity index (χ3v) is 5.47. The largest absolute Gasteiger partial charge is 0.530 e. The smallest absolute Gasteiger partial charge is 0.404 e. The highest BCUT2D eigenvalue weighted by Gasteiger charge is 2.58. The molecule has 1 saturated heterocycles. The fourth-order valence-corrected chi connectivity index (χ4v) is 3.85. The summed E-state index contributed by atoms with van der Waals surface area (Å²) in [7, 11) is -4.82. The summed E-state index contributed by atoms with van der Waals surface area (Å²) in [5, 5.41) is 22.5. The number of alkyl halides is 1. The van der Waals surface area contributed by atoms with Gasteiger partial charge in [-0.25, -0.2) is 8.96 Å². The number of carbonyl (C=O) groups excluding carboxylic acids is 1. The van der Waals surface area contributed by atoms with E-state index in [-0.39, 0.29) is 12.4 Å². The van der Waals surface area contributed by atoms with E-state index in [1.54, 1.807) is 12.1 Å². The predicted molar refractivity (Wildman–Crippen MR) is 94.5 cm³/mol. The summed E-state index contributed by atoms with van der Waals surface area (Å²) >= 11 is 0. The van der Waals surface area contributed by atoms with E-state index in [9.17, 15) is 24.0 Å². The number of phosphoric ester groups is 1. The first-order chi connectivity index (χ1) is 15.2. The molecule has 30 heavy (non-hydrogen) atoms.